The molecule has 0 unspecified atom stereocenters. The Hall–Kier alpha value is -3.47. The van der Waals surface area contributed by atoms with Crippen LogP contribution in [0.2, 0.25) is 0 Å². The summed E-state index contributed by atoms with van der Waals surface area (Å²) in [4.78, 5) is 4.18. The normalized spacial score (nSPS) is 10.7. The van der Waals surface area contributed by atoms with E-state index >= 15 is 0 Å². The molecule has 2 heterocycles. The monoisotopic (exact) mass is 342 g/mol. The van der Waals surface area contributed by atoms with E-state index in [0.29, 0.717) is 12.2 Å². The summed E-state index contributed by atoms with van der Waals surface area (Å²) in [6.07, 6.45) is 4.32. The number of fused-ring (bicyclic) bond motifs is 1. The van der Waals surface area contributed by atoms with Gasteiger partial charge in [0.2, 0.25) is 0 Å². The molecule has 1 N–H and O–H groups in total. The largest absolute Gasteiger partial charge is 0.495 e. The molecule has 0 amide bonds. The van der Waals surface area contributed by atoms with Crippen molar-refractivity contribution in [1.29, 1.82) is 0 Å². The highest BCUT2D eigenvalue weighted by Crippen LogP contribution is 2.30. The van der Waals surface area contributed by atoms with E-state index in [0.717, 1.165) is 33.5 Å². The van der Waals surface area contributed by atoms with Gasteiger partial charge in [0.15, 0.2) is 5.82 Å². The third-order valence-corrected chi connectivity index (χ3v) is 4.22. The third kappa shape index (κ3) is 3.19. The lowest BCUT2D eigenvalue weighted by Crippen LogP contribution is -2.03. The molecule has 5 nitrogen and oxygen atoms in total. The molecule has 0 radical (unpaired) electrons. The smallest absolute Gasteiger partial charge is 0.161 e. The van der Waals surface area contributed by atoms with Crippen LogP contribution >= 0.6 is 0 Å². The summed E-state index contributed by atoms with van der Waals surface area (Å²) in [5, 5.41) is 14.3. The highest BCUT2D eigenvalue weighted by atomic mass is 16.5. The highest BCUT2D eigenvalue weighted by molar-refractivity contribution is 5.94. The first-order valence-electron chi connectivity index (χ1n) is 8.38. The Morgan fingerprint density at radius 1 is 0.885 bits per heavy atom. The summed E-state index contributed by atoms with van der Waals surface area (Å²) in [5.41, 5.74) is 2.89. The first kappa shape index (κ1) is 16.0. The minimum atomic E-state index is 0.691. The number of nitrogens with one attached hydrogen (secondary N) is 1. The van der Waals surface area contributed by atoms with E-state index < -0.39 is 0 Å². The Kier molecular flexibility index (Phi) is 4.43. The molecular weight excluding hydrogens is 324 g/mol. The Morgan fingerprint density at radius 2 is 1.69 bits per heavy atom. The van der Waals surface area contributed by atoms with Crippen molar-refractivity contribution < 1.29 is 4.74 Å². The molecule has 2 aromatic heterocycles. The standard InChI is InChI=1S/C21H18N4O/c1-26-20-11-5-4-10-18(20)23-21-17-9-3-2-8-16(17)19(24-25-21)13-15-7-6-12-22-14-15/h2-12,14H,13H2,1H3,(H,23,25). The van der Waals surface area contributed by atoms with Crippen LogP contribution in [0.1, 0.15) is 11.3 Å². The number of pyridine rings is 1. The van der Waals surface area contributed by atoms with Gasteiger partial charge in [-0.3, -0.25) is 4.98 Å². The molecule has 0 fully saturated rings. The molecule has 2 aromatic carbocycles. The fourth-order valence-electron chi connectivity index (χ4n) is 2.95. The van der Waals surface area contributed by atoms with Crippen molar-refractivity contribution in [1.82, 2.24) is 15.2 Å². The Labute approximate surface area is 151 Å². The van der Waals surface area contributed by atoms with Gasteiger partial charge in [-0.25, -0.2) is 0 Å². The van der Waals surface area contributed by atoms with Crippen molar-refractivity contribution in [2.24, 2.45) is 0 Å². The molecule has 0 aliphatic rings. The van der Waals surface area contributed by atoms with Gasteiger partial charge in [-0.2, -0.15) is 5.10 Å². The quantitative estimate of drug-likeness (QED) is 0.584. The van der Waals surface area contributed by atoms with Gasteiger partial charge < -0.3 is 10.1 Å². The van der Waals surface area contributed by atoms with Crippen LogP contribution in [0.15, 0.2) is 73.1 Å². The van der Waals surface area contributed by atoms with Crippen molar-refractivity contribution in [3.63, 3.8) is 0 Å². The van der Waals surface area contributed by atoms with Crippen LogP contribution in [0.3, 0.4) is 0 Å². The zero-order chi connectivity index (χ0) is 17.8. The summed E-state index contributed by atoms with van der Waals surface area (Å²) in [6, 6.07) is 19.9. The third-order valence-electron chi connectivity index (χ3n) is 4.22. The maximum absolute atomic E-state index is 5.41. The number of aromatic nitrogens is 3. The maximum Gasteiger partial charge on any atom is 0.161 e. The lowest BCUT2D eigenvalue weighted by molar-refractivity contribution is 0.417. The van der Waals surface area contributed by atoms with Crippen molar-refractivity contribution >= 4 is 22.3 Å². The van der Waals surface area contributed by atoms with Crippen LogP contribution in [-0.4, -0.2) is 22.3 Å². The minimum Gasteiger partial charge on any atom is -0.495 e. The molecule has 4 rings (SSSR count). The molecule has 5 heteroatoms. The van der Waals surface area contributed by atoms with Crippen LogP contribution in [0, 0.1) is 0 Å². The van der Waals surface area contributed by atoms with Crippen LogP contribution < -0.4 is 10.1 Å². The van der Waals surface area contributed by atoms with Crippen molar-refractivity contribution in [3.8, 4) is 5.75 Å². The predicted molar refractivity (Wildman–Crippen MR) is 103 cm³/mol. The summed E-state index contributed by atoms with van der Waals surface area (Å²) >= 11 is 0. The number of benzene rings is 2. The number of para-hydroxylation sites is 2. The van der Waals surface area contributed by atoms with Crippen LogP contribution in [-0.2, 0) is 6.42 Å². The summed E-state index contributed by atoms with van der Waals surface area (Å²) < 4.78 is 5.41. The average molecular weight is 342 g/mol. The van der Waals surface area contributed by atoms with E-state index in [1.54, 1.807) is 13.3 Å². The lowest BCUT2D eigenvalue weighted by Gasteiger charge is -2.13. The zero-order valence-corrected chi connectivity index (χ0v) is 14.4. The van der Waals surface area contributed by atoms with Gasteiger partial charge in [-0.1, -0.05) is 42.5 Å². The number of anilines is 2. The molecule has 0 aliphatic heterocycles. The molecule has 0 atom stereocenters. The lowest BCUT2D eigenvalue weighted by atomic mass is 10.1. The van der Waals surface area contributed by atoms with Crippen LogP contribution in [0.5, 0.6) is 5.75 Å². The van der Waals surface area contributed by atoms with Crippen molar-refractivity contribution in [2.75, 3.05) is 12.4 Å². The SMILES string of the molecule is COc1ccccc1Nc1nnc(Cc2cccnc2)c2ccccc12. The van der Waals surface area contributed by atoms with E-state index in [2.05, 4.69) is 32.6 Å². The van der Waals surface area contributed by atoms with E-state index in [1.807, 2.05) is 54.7 Å². The Balaban J connectivity index is 1.75. The summed E-state index contributed by atoms with van der Waals surface area (Å²) in [6.45, 7) is 0. The molecular formula is C21H18N4O. The van der Waals surface area contributed by atoms with Gasteiger partial charge in [0.25, 0.3) is 0 Å². The van der Waals surface area contributed by atoms with E-state index in [1.165, 1.54) is 0 Å². The van der Waals surface area contributed by atoms with Gasteiger partial charge in [0.1, 0.15) is 5.75 Å². The molecule has 0 saturated heterocycles. The molecule has 0 spiro atoms. The number of nitrogens with zero attached hydrogens (tertiary/aromatic N) is 3. The topological polar surface area (TPSA) is 59.9 Å². The number of methoxy groups -OCH3 is 1. The van der Waals surface area contributed by atoms with Gasteiger partial charge in [-0.05, 0) is 23.8 Å². The second-order valence-electron chi connectivity index (χ2n) is 5.90. The number of rotatable bonds is 5. The molecule has 26 heavy (non-hydrogen) atoms. The predicted octanol–water partition coefficient (Wildman–Crippen LogP) is 4.37. The Morgan fingerprint density at radius 3 is 2.50 bits per heavy atom. The van der Waals surface area contributed by atoms with Gasteiger partial charge in [0, 0.05) is 29.6 Å². The molecule has 0 bridgehead atoms. The number of hydrogen-bond donors (Lipinski definition) is 1. The molecule has 0 aliphatic carbocycles. The first-order chi connectivity index (χ1) is 12.8. The van der Waals surface area contributed by atoms with Crippen molar-refractivity contribution in [2.45, 2.75) is 6.42 Å². The van der Waals surface area contributed by atoms with Gasteiger partial charge >= 0.3 is 0 Å². The fraction of sp³-hybridized carbons (Fsp3) is 0.0952. The van der Waals surface area contributed by atoms with Crippen LogP contribution in [0.4, 0.5) is 11.5 Å². The van der Waals surface area contributed by atoms with Crippen molar-refractivity contribution in [3.05, 3.63) is 84.3 Å². The van der Waals surface area contributed by atoms with E-state index in [4.69, 9.17) is 4.74 Å². The summed E-state index contributed by atoms with van der Waals surface area (Å²) in [7, 11) is 1.65. The summed E-state index contributed by atoms with van der Waals surface area (Å²) in [5.74, 6) is 1.47. The number of hydrogen-bond acceptors (Lipinski definition) is 5. The first-order valence-corrected chi connectivity index (χ1v) is 8.38. The zero-order valence-electron chi connectivity index (χ0n) is 14.4. The second-order valence-corrected chi connectivity index (χ2v) is 5.90. The van der Waals surface area contributed by atoms with Gasteiger partial charge in [-0.15, -0.1) is 5.10 Å². The van der Waals surface area contributed by atoms with Gasteiger partial charge in [0.05, 0.1) is 18.5 Å². The second kappa shape index (κ2) is 7.19. The molecule has 4 aromatic rings. The van der Waals surface area contributed by atoms with E-state index in [-0.39, 0.29) is 0 Å². The highest BCUT2D eigenvalue weighted by Gasteiger charge is 2.11. The molecule has 0 saturated carbocycles. The van der Waals surface area contributed by atoms with Crippen LogP contribution in [0.25, 0.3) is 10.8 Å². The average Bonchev–Trinajstić information content (AvgIpc) is 2.71. The Bertz CT molecular complexity index is 1030. The maximum atomic E-state index is 5.41. The number of ether oxygens (including phenoxy) is 1. The minimum absolute atomic E-state index is 0.691. The molecule has 128 valence electrons. The van der Waals surface area contributed by atoms with E-state index in [9.17, 15) is 0 Å². The fourth-order valence-corrected chi connectivity index (χ4v) is 2.95.